The number of nitrogens with zero attached hydrogens (tertiary/aromatic N) is 1. The second kappa shape index (κ2) is 11.5. The van der Waals surface area contributed by atoms with Gasteiger partial charge in [-0.25, -0.2) is 9.69 Å². The minimum absolute atomic E-state index is 0.152. The molecule has 4 aromatic rings. The largest absolute Gasteiger partial charge is 0.490 e. The Hall–Kier alpha value is -4.18. The number of hydrogen-bond acceptors (Lipinski definition) is 5. The lowest BCUT2D eigenvalue weighted by Crippen LogP contribution is -2.54. The van der Waals surface area contributed by atoms with Crippen molar-refractivity contribution in [1.82, 2.24) is 5.32 Å². The molecule has 0 spiro atoms. The molecule has 4 aromatic carbocycles. The van der Waals surface area contributed by atoms with E-state index in [0.717, 1.165) is 35.9 Å². The van der Waals surface area contributed by atoms with Crippen molar-refractivity contribution >= 4 is 63.0 Å². The van der Waals surface area contributed by atoms with Crippen LogP contribution in [0.1, 0.15) is 29.2 Å². The number of rotatable bonds is 7. The van der Waals surface area contributed by atoms with Crippen LogP contribution in [0.25, 0.3) is 16.8 Å². The van der Waals surface area contributed by atoms with E-state index in [9.17, 15) is 14.4 Å². The molecule has 202 valence electrons. The molecule has 1 saturated heterocycles. The number of para-hydroxylation sites is 1. The molecule has 0 bridgehead atoms. The van der Waals surface area contributed by atoms with E-state index in [1.165, 1.54) is 6.08 Å². The normalized spacial score (nSPS) is 14.6. The smallest absolute Gasteiger partial charge is 0.335 e. The predicted molar refractivity (Wildman–Crippen MR) is 164 cm³/mol. The Labute approximate surface area is 245 Å². The van der Waals surface area contributed by atoms with Crippen LogP contribution >= 0.6 is 22.6 Å². The van der Waals surface area contributed by atoms with Crippen LogP contribution in [-0.2, 0) is 16.2 Å². The molecule has 40 heavy (non-hydrogen) atoms. The van der Waals surface area contributed by atoms with Crippen molar-refractivity contribution < 1.29 is 23.9 Å². The van der Waals surface area contributed by atoms with Crippen LogP contribution in [0, 0.1) is 17.4 Å². The molecule has 0 unspecified atom stereocenters. The zero-order valence-electron chi connectivity index (χ0n) is 22.3. The predicted octanol–water partition coefficient (Wildman–Crippen LogP) is 6.71. The van der Waals surface area contributed by atoms with Gasteiger partial charge in [-0.2, -0.15) is 0 Å². The highest BCUT2D eigenvalue weighted by atomic mass is 127. The first-order valence-corrected chi connectivity index (χ1v) is 13.9. The zero-order valence-corrected chi connectivity index (χ0v) is 24.4. The highest BCUT2D eigenvalue weighted by Gasteiger charge is 2.37. The molecule has 1 aliphatic rings. The summed E-state index contributed by atoms with van der Waals surface area (Å²) in [6.07, 6.45) is 1.47. The van der Waals surface area contributed by atoms with Gasteiger partial charge in [0.2, 0.25) is 0 Å². The second-order valence-corrected chi connectivity index (χ2v) is 10.5. The van der Waals surface area contributed by atoms with Gasteiger partial charge in [0, 0.05) is 5.56 Å². The second-order valence-electron chi connectivity index (χ2n) is 9.38. The molecule has 8 heteroatoms. The third-order valence-corrected chi connectivity index (χ3v) is 7.54. The molecule has 1 fully saturated rings. The number of carbonyl (C=O) groups excluding carboxylic acids is 3. The average Bonchev–Trinajstić information content (AvgIpc) is 2.92. The minimum Gasteiger partial charge on any atom is -0.490 e. The average molecular weight is 646 g/mol. The third-order valence-electron chi connectivity index (χ3n) is 6.74. The molecule has 4 amide bonds. The number of anilines is 1. The first-order chi connectivity index (χ1) is 19.3. The molecule has 7 nitrogen and oxygen atoms in total. The molecular weight excluding hydrogens is 619 g/mol. The fraction of sp³-hybridized carbons (Fsp3) is 0.156. The number of nitrogens with one attached hydrogen (secondary N) is 1. The number of benzene rings is 4. The van der Waals surface area contributed by atoms with Gasteiger partial charge in [-0.15, -0.1) is 0 Å². The summed E-state index contributed by atoms with van der Waals surface area (Å²) in [5.74, 6) is -0.370. The number of halogens is 1. The highest BCUT2D eigenvalue weighted by molar-refractivity contribution is 14.1. The summed E-state index contributed by atoms with van der Waals surface area (Å²) in [7, 11) is 0. The number of fused-ring (bicyclic) bond motifs is 1. The Balaban J connectivity index is 1.49. The molecule has 0 aromatic heterocycles. The van der Waals surface area contributed by atoms with Gasteiger partial charge in [0.25, 0.3) is 11.8 Å². The summed E-state index contributed by atoms with van der Waals surface area (Å²) in [5.41, 5.74) is 3.78. The number of aryl methyl sites for hydroxylation is 2. The highest BCUT2D eigenvalue weighted by Crippen LogP contribution is 2.37. The van der Waals surface area contributed by atoms with Crippen LogP contribution in [-0.4, -0.2) is 24.5 Å². The van der Waals surface area contributed by atoms with Crippen molar-refractivity contribution in [3.8, 4) is 11.5 Å². The maximum absolute atomic E-state index is 13.4. The molecule has 0 atom stereocenters. The number of urea groups is 1. The molecule has 5 rings (SSSR count). The monoisotopic (exact) mass is 646 g/mol. The maximum atomic E-state index is 13.4. The Kier molecular flexibility index (Phi) is 7.88. The summed E-state index contributed by atoms with van der Waals surface area (Å²) >= 11 is 2.16. The van der Waals surface area contributed by atoms with Crippen molar-refractivity contribution in [1.29, 1.82) is 0 Å². The van der Waals surface area contributed by atoms with Crippen molar-refractivity contribution in [3.05, 3.63) is 104 Å². The lowest BCUT2D eigenvalue weighted by Gasteiger charge is -2.27. The standard InChI is InChI=1S/C32H27IN2O5/c1-4-39-28-17-21(15-24-30(36)34-32(38)35(31(24)37)27-12-8-5-9-20(27)3)16-26(33)29(28)40-18-25-19(2)13-14-22-10-6-7-11-23(22)25/h5-17H,4,18H2,1-3H3,(H,34,36,38)/b24-15+. The van der Waals surface area contributed by atoms with Gasteiger partial charge in [0.05, 0.1) is 15.9 Å². The molecule has 0 radical (unpaired) electrons. The Morgan fingerprint density at radius 1 is 0.900 bits per heavy atom. The Bertz CT molecular complexity index is 1690. The van der Waals surface area contributed by atoms with Gasteiger partial charge in [-0.1, -0.05) is 54.6 Å². The summed E-state index contributed by atoms with van der Waals surface area (Å²) < 4.78 is 13.0. The molecule has 1 aliphatic heterocycles. The van der Waals surface area contributed by atoms with Crippen LogP contribution in [0.4, 0.5) is 10.5 Å². The number of barbiturate groups is 1. The third kappa shape index (κ3) is 5.31. The summed E-state index contributed by atoms with van der Waals surface area (Å²) in [5, 5.41) is 4.55. The van der Waals surface area contributed by atoms with Crippen molar-refractivity contribution in [2.24, 2.45) is 0 Å². The van der Waals surface area contributed by atoms with Gasteiger partial charge >= 0.3 is 6.03 Å². The SMILES string of the molecule is CCOc1cc(/C=C2\C(=O)NC(=O)N(c3ccccc3C)C2=O)cc(I)c1OCc1c(C)ccc2ccccc12. The first kappa shape index (κ1) is 27.4. The van der Waals surface area contributed by atoms with Crippen LogP contribution in [0.3, 0.4) is 0 Å². The van der Waals surface area contributed by atoms with Crippen molar-refractivity contribution in [2.75, 3.05) is 11.5 Å². The van der Waals surface area contributed by atoms with Crippen LogP contribution in [0.5, 0.6) is 11.5 Å². The lowest BCUT2D eigenvalue weighted by molar-refractivity contribution is -0.122. The quantitative estimate of drug-likeness (QED) is 0.137. The van der Waals surface area contributed by atoms with Gasteiger partial charge < -0.3 is 9.47 Å². The fourth-order valence-corrected chi connectivity index (χ4v) is 5.49. The van der Waals surface area contributed by atoms with Gasteiger partial charge in [-0.3, -0.25) is 14.9 Å². The van der Waals surface area contributed by atoms with E-state index >= 15 is 0 Å². The van der Waals surface area contributed by atoms with Crippen molar-refractivity contribution in [2.45, 2.75) is 27.4 Å². The van der Waals surface area contributed by atoms with E-state index in [1.807, 2.05) is 31.2 Å². The Morgan fingerprint density at radius 3 is 2.42 bits per heavy atom. The van der Waals surface area contributed by atoms with E-state index in [-0.39, 0.29) is 5.57 Å². The summed E-state index contributed by atoms with van der Waals surface area (Å²) in [4.78, 5) is 39.7. The van der Waals surface area contributed by atoms with E-state index in [4.69, 9.17) is 9.47 Å². The zero-order chi connectivity index (χ0) is 28.4. The topological polar surface area (TPSA) is 84.9 Å². The minimum atomic E-state index is -0.779. The van der Waals surface area contributed by atoms with E-state index in [1.54, 1.807) is 31.2 Å². The number of carbonyl (C=O) groups is 3. The summed E-state index contributed by atoms with van der Waals surface area (Å²) in [6, 6.07) is 22.2. The van der Waals surface area contributed by atoms with Crippen LogP contribution in [0.15, 0.2) is 78.4 Å². The molecule has 1 heterocycles. The number of hydrogen-bond donors (Lipinski definition) is 1. The number of ether oxygens (including phenoxy) is 2. The molecule has 0 saturated carbocycles. The summed E-state index contributed by atoms with van der Waals surface area (Å²) in [6.45, 7) is 6.48. The van der Waals surface area contributed by atoms with Gasteiger partial charge in [0.15, 0.2) is 11.5 Å². The van der Waals surface area contributed by atoms with Crippen molar-refractivity contribution in [3.63, 3.8) is 0 Å². The van der Waals surface area contributed by atoms with Crippen LogP contribution < -0.4 is 19.7 Å². The molecular formula is C32H27IN2O5. The van der Waals surface area contributed by atoms with E-state index in [0.29, 0.717) is 36.0 Å². The lowest BCUT2D eigenvalue weighted by atomic mass is 10.0. The van der Waals surface area contributed by atoms with E-state index < -0.39 is 17.8 Å². The number of imide groups is 2. The molecule has 0 aliphatic carbocycles. The van der Waals surface area contributed by atoms with E-state index in [2.05, 4.69) is 59.1 Å². The maximum Gasteiger partial charge on any atom is 0.335 e. The van der Waals surface area contributed by atoms with Crippen LogP contribution in [0.2, 0.25) is 0 Å². The Morgan fingerprint density at radius 2 is 1.65 bits per heavy atom. The van der Waals surface area contributed by atoms with Gasteiger partial charge in [0.1, 0.15) is 12.2 Å². The fourth-order valence-electron chi connectivity index (χ4n) is 4.71. The first-order valence-electron chi connectivity index (χ1n) is 12.8. The number of amides is 4. The molecule has 1 N–H and O–H groups in total. The van der Waals surface area contributed by atoms with Gasteiger partial charge in [-0.05, 0) is 95.1 Å².